The standard InChI is InChI=1S/C7H5ClN4O/c8-4-1-10-7-11-2-5(9)6(13)12(7)3-4/h1-3H,9H2. The van der Waals surface area contributed by atoms with Gasteiger partial charge in [0.15, 0.2) is 0 Å². The molecule has 66 valence electrons. The lowest BCUT2D eigenvalue weighted by molar-refractivity contribution is 1.00. The van der Waals surface area contributed by atoms with E-state index in [9.17, 15) is 4.79 Å². The van der Waals surface area contributed by atoms with E-state index >= 15 is 0 Å². The van der Waals surface area contributed by atoms with Crippen molar-refractivity contribution in [3.8, 4) is 0 Å². The van der Waals surface area contributed by atoms with Gasteiger partial charge in [-0.2, -0.15) is 0 Å². The molecule has 0 saturated heterocycles. The molecular weight excluding hydrogens is 192 g/mol. The van der Waals surface area contributed by atoms with Crippen molar-refractivity contribution in [1.29, 1.82) is 0 Å². The van der Waals surface area contributed by atoms with Gasteiger partial charge >= 0.3 is 0 Å². The summed E-state index contributed by atoms with van der Waals surface area (Å²) in [5.41, 5.74) is 5.08. The third-order valence-corrected chi connectivity index (χ3v) is 1.75. The second-order valence-electron chi connectivity index (χ2n) is 2.46. The summed E-state index contributed by atoms with van der Waals surface area (Å²) < 4.78 is 1.21. The topological polar surface area (TPSA) is 73.3 Å². The van der Waals surface area contributed by atoms with Gasteiger partial charge in [-0.1, -0.05) is 11.6 Å². The highest BCUT2D eigenvalue weighted by Crippen LogP contribution is 2.04. The fourth-order valence-electron chi connectivity index (χ4n) is 0.963. The summed E-state index contributed by atoms with van der Waals surface area (Å²) in [6.07, 6.45) is 4.12. The van der Waals surface area contributed by atoms with Crippen LogP contribution in [0.5, 0.6) is 0 Å². The minimum Gasteiger partial charge on any atom is -0.393 e. The van der Waals surface area contributed by atoms with Gasteiger partial charge in [-0.15, -0.1) is 0 Å². The van der Waals surface area contributed by atoms with Crippen molar-refractivity contribution < 1.29 is 0 Å². The maximum absolute atomic E-state index is 11.4. The maximum Gasteiger partial charge on any atom is 0.282 e. The van der Waals surface area contributed by atoms with E-state index in [-0.39, 0.29) is 17.0 Å². The summed E-state index contributed by atoms with van der Waals surface area (Å²) in [6.45, 7) is 0. The van der Waals surface area contributed by atoms with Crippen molar-refractivity contribution in [2.24, 2.45) is 0 Å². The van der Waals surface area contributed by atoms with Crippen molar-refractivity contribution >= 4 is 23.1 Å². The molecule has 0 aromatic carbocycles. The van der Waals surface area contributed by atoms with Crippen LogP contribution in [-0.2, 0) is 0 Å². The Balaban J connectivity index is 2.97. The molecule has 2 N–H and O–H groups in total. The molecule has 2 aromatic heterocycles. The molecule has 0 radical (unpaired) electrons. The highest BCUT2D eigenvalue weighted by molar-refractivity contribution is 6.30. The van der Waals surface area contributed by atoms with Crippen molar-refractivity contribution in [2.75, 3.05) is 5.73 Å². The van der Waals surface area contributed by atoms with E-state index in [1.54, 1.807) is 0 Å². The molecule has 2 rings (SSSR count). The zero-order valence-electron chi connectivity index (χ0n) is 6.44. The molecule has 0 amide bonds. The van der Waals surface area contributed by atoms with E-state index < -0.39 is 0 Å². The number of fused-ring (bicyclic) bond motifs is 1. The van der Waals surface area contributed by atoms with E-state index in [2.05, 4.69) is 9.97 Å². The number of aromatic nitrogens is 3. The number of nitrogens with two attached hydrogens (primary N) is 1. The van der Waals surface area contributed by atoms with Gasteiger partial charge in [0, 0.05) is 6.20 Å². The first-order valence-electron chi connectivity index (χ1n) is 3.47. The van der Waals surface area contributed by atoms with E-state index in [0.29, 0.717) is 5.02 Å². The largest absolute Gasteiger partial charge is 0.393 e. The molecule has 0 atom stereocenters. The zero-order chi connectivity index (χ0) is 9.42. The molecule has 0 saturated carbocycles. The highest BCUT2D eigenvalue weighted by Gasteiger charge is 2.01. The van der Waals surface area contributed by atoms with Gasteiger partial charge in [0.2, 0.25) is 5.78 Å². The quantitative estimate of drug-likeness (QED) is 0.659. The van der Waals surface area contributed by atoms with Gasteiger partial charge < -0.3 is 5.73 Å². The third kappa shape index (κ3) is 1.23. The van der Waals surface area contributed by atoms with Crippen LogP contribution >= 0.6 is 11.6 Å². The Morgan fingerprint density at radius 1 is 1.38 bits per heavy atom. The maximum atomic E-state index is 11.4. The molecule has 0 bridgehead atoms. The van der Waals surface area contributed by atoms with Crippen LogP contribution in [0.3, 0.4) is 0 Å². The molecule has 5 nitrogen and oxygen atoms in total. The molecule has 2 heterocycles. The summed E-state index contributed by atoms with van der Waals surface area (Å²) in [5, 5.41) is 0.363. The average molecular weight is 197 g/mol. The number of hydrogen-bond donors (Lipinski definition) is 1. The molecule has 0 fully saturated rings. The normalized spacial score (nSPS) is 10.5. The first-order chi connectivity index (χ1) is 6.18. The van der Waals surface area contributed by atoms with E-state index in [1.165, 1.54) is 23.0 Å². The average Bonchev–Trinajstić information content (AvgIpc) is 2.12. The lowest BCUT2D eigenvalue weighted by Crippen LogP contribution is -2.18. The smallest absolute Gasteiger partial charge is 0.282 e. The van der Waals surface area contributed by atoms with Crippen LogP contribution in [0.15, 0.2) is 23.4 Å². The summed E-state index contributed by atoms with van der Waals surface area (Å²) in [5.74, 6) is 0.281. The predicted molar refractivity (Wildman–Crippen MR) is 48.7 cm³/mol. The van der Waals surface area contributed by atoms with Crippen molar-refractivity contribution in [2.45, 2.75) is 0 Å². The Labute approximate surface area is 77.8 Å². The van der Waals surface area contributed by atoms with Crippen LogP contribution in [0.1, 0.15) is 0 Å². The van der Waals surface area contributed by atoms with Crippen molar-refractivity contribution in [3.05, 3.63) is 34.0 Å². The Bertz CT molecular complexity index is 516. The fourth-order valence-corrected chi connectivity index (χ4v) is 1.11. The molecule has 0 aliphatic heterocycles. The Hall–Kier alpha value is -1.62. The first kappa shape index (κ1) is 8.00. The molecule has 0 unspecified atom stereocenters. The van der Waals surface area contributed by atoms with Crippen molar-refractivity contribution in [3.63, 3.8) is 0 Å². The number of nitrogens with zero attached hydrogens (tertiary/aromatic N) is 3. The number of halogens is 1. The van der Waals surface area contributed by atoms with Crippen LogP contribution in [-0.4, -0.2) is 14.4 Å². The van der Waals surface area contributed by atoms with E-state index in [1.807, 2.05) is 0 Å². The van der Waals surface area contributed by atoms with Gasteiger partial charge in [0.1, 0.15) is 5.69 Å². The number of hydrogen-bond acceptors (Lipinski definition) is 4. The van der Waals surface area contributed by atoms with E-state index in [4.69, 9.17) is 17.3 Å². The van der Waals surface area contributed by atoms with Crippen molar-refractivity contribution in [1.82, 2.24) is 14.4 Å². The summed E-state index contributed by atoms with van der Waals surface area (Å²) in [6, 6.07) is 0. The van der Waals surface area contributed by atoms with Crippen LogP contribution in [0.2, 0.25) is 5.02 Å². The minimum atomic E-state index is -0.361. The van der Waals surface area contributed by atoms with Crippen LogP contribution < -0.4 is 11.3 Å². The Morgan fingerprint density at radius 3 is 2.85 bits per heavy atom. The number of rotatable bonds is 0. The van der Waals surface area contributed by atoms with E-state index in [0.717, 1.165) is 0 Å². The molecule has 6 heteroatoms. The lowest BCUT2D eigenvalue weighted by atomic mass is 10.5. The molecule has 0 spiro atoms. The number of nitrogen functional groups attached to an aromatic ring is 1. The fraction of sp³-hybridized carbons (Fsp3) is 0. The molecule has 0 aliphatic rings. The third-order valence-electron chi connectivity index (χ3n) is 1.56. The monoisotopic (exact) mass is 196 g/mol. The first-order valence-corrected chi connectivity index (χ1v) is 3.84. The Kier molecular flexibility index (Phi) is 1.66. The predicted octanol–water partition coefficient (Wildman–Crippen LogP) is 0.325. The molecule has 13 heavy (non-hydrogen) atoms. The second kappa shape index (κ2) is 2.70. The van der Waals surface area contributed by atoms with Crippen LogP contribution in [0.25, 0.3) is 5.78 Å². The minimum absolute atomic E-state index is 0.0709. The Morgan fingerprint density at radius 2 is 2.08 bits per heavy atom. The molecule has 0 aliphatic carbocycles. The molecular formula is C7H5ClN4O. The van der Waals surface area contributed by atoms with Gasteiger partial charge in [0.05, 0.1) is 17.4 Å². The summed E-state index contributed by atoms with van der Waals surface area (Å²) in [4.78, 5) is 19.1. The van der Waals surface area contributed by atoms with Gasteiger partial charge in [-0.3, -0.25) is 4.79 Å². The van der Waals surface area contributed by atoms with Crippen LogP contribution in [0.4, 0.5) is 5.69 Å². The SMILES string of the molecule is Nc1cnc2ncc(Cl)cn2c1=O. The van der Waals surface area contributed by atoms with Gasteiger partial charge in [0.25, 0.3) is 5.56 Å². The van der Waals surface area contributed by atoms with Gasteiger partial charge in [-0.05, 0) is 0 Å². The second-order valence-corrected chi connectivity index (χ2v) is 2.90. The summed E-state index contributed by atoms with van der Waals surface area (Å²) >= 11 is 5.65. The van der Waals surface area contributed by atoms with Gasteiger partial charge in [-0.25, -0.2) is 14.4 Å². The lowest BCUT2D eigenvalue weighted by Gasteiger charge is -1.99. The van der Waals surface area contributed by atoms with Crippen LogP contribution in [0, 0.1) is 0 Å². The summed E-state index contributed by atoms with van der Waals surface area (Å²) in [7, 11) is 0. The molecule has 2 aromatic rings. The zero-order valence-corrected chi connectivity index (χ0v) is 7.19. The highest BCUT2D eigenvalue weighted by atomic mass is 35.5. The number of anilines is 1.